The SMILES string of the molecule is C[C@H](NC(=O)c1cc(-c2ccccc2)cc2cnn(Cc3cccc(Cl)c3)c12)c1ccc(C(=O)O)cc1. The van der Waals surface area contributed by atoms with Crippen molar-refractivity contribution in [3.8, 4) is 11.1 Å². The van der Waals surface area contributed by atoms with E-state index in [1.165, 1.54) is 12.1 Å². The maximum absolute atomic E-state index is 13.7. The minimum atomic E-state index is -0.990. The highest BCUT2D eigenvalue weighted by Gasteiger charge is 2.20. The second kappa shape index (κ2) is 10.3. The number of fused-ring (bicyclic) bond motifs is 1. The van der Waals surface area contributed by atoms with E-state index in [1.54, 1.807) is 18.3 Å². The lowest BCUT2D eigenvalue weighted by molar-refractivity contribution is 0.0696. The predicted octanol–water partition coefficient (Wildman–Crippen LogP) is 6.59. The van der Waals surface area contributed by atoms with Crippen molar-refractivity contribution in [3.63, 3.8) is 0 Å². The summed E-state index contributed by atoms with van der Waals surface area (Å²) in [6, 6.07) is 27.6. The number of carboxylic acids is 1. The van der Waals surface area contributed by atoms with Gasteiger partial charge in [-0.1, -0.05) is 66.2 Å². The lowest BCUT2D eigenvalue weighted by Gasteiger charge is -2.17. The number of hydrogen-bond acceptors (Lipinski definition) is 3. The van der Waals surface area contributed by atoms with E-state index in [9.17, 15) is 14.7 Å². The monoisotopic (exact) mass is 509 g/mol. The number of nitrogens with one attached hydrogen (secondary N) is 1. The quantitative estimate of drug-likeness (QED) is 0.259. The van der Waals surface area contributed by atoms with Gasteiger partial charge in [-0.3, -0.25) is 9.48 Å². The molecule has 0 spiro atoms. The molecule has 4 aromatic carbocycles. The van der Waals surface area contributed by atoms with Crippen molar-refractivity contribution in [1.29, 1.82) is 0 Å². The van der Waals surface area contributed by atoms with Gasteiger partial charge in [0.25, 0.3) is 5.91 Å². The van der Waals surface area contributed by atoms with Gasteiger partial charge in [0.15, 0.2) is 0 Å². The van der Waals surface area contributed by atoms with Crippen molar-refractivity contribution in [2.45, 2.75) is 19.5 Å². The Labute approximate surface area is 219 Å². The van der Waals surface area contributed by atoms with E-state index in [0.29, 0.717) is 17.1 Å². The number of amides is 1. The van der Waals surface area contributed by atoms with Gasteiger partial charge in [0, 0.05) is 10.4 Å². The highest BCUT2D eigenvalue weighted by molar-refractivity contribution is 6.30. The molecule has 5 rings (SSSR count). The second-order valence-electron chi connectivity index (χ2n) is 8.88. The van der Waals surface area contributed by atoms with Crippen LogP contribution < -0.4 is 5.32 Å². The summed E-state index contributed by atoms with van der Waals surface area (Å²) in [7, 11) is 0. The number of halogens is 1. The van der Waals surface area contributed by atoms with Crippen LogP contribution in [0.4, 0.5) is 0 Å². The molecule has 0 unspecified atom stereocenters. The molecule has 0 saturated heterocycles. The normalized spacial score (nSPS) is 11.8. The fourth-order valence-corrected chi connectivity index (χ4v) is 4.62. The first-order valence-corrected chi connectivity index (χ1v) is 12.2. The molecule has 0 aliphatic carbocycles. The second-order valence-corrected chi connectivity index (χ2v) is 9.32. The Morgan fingerprint density at radius 1 is 0.946 bits per heavy atom. The molecule has 1 heterocycles. The maximum atomic E-state index is 13.7. The first-order chi connectivity index (χ1) is 17.9. The third-order valence-corrected chi connectivity index (χ3v) is 6.55. The molecule has 0 fully saturated rings. The molecule has 0 saturated carbocycles. The molecule has 0 aliphatic rings. The number of hydrogen-bond donors (Lipinski definition) is 2. The Bertz CT molecular complexity index is 1590. The lowest BCUT2D eigenvalue weighted by Crippen LogP contribution is -2.27. The van der Waals surface area contributed by atoms with E-state index in [0.717, 1.165) is 33.2 Å². The van der Waals surface area contributed by atoms with Crippen LogP contribution in [0.5, 0.6) is 0 Å². The first kappa shape index (κ1) is 24.3. The van der Waals surface area contributed by atoms with Crippen molar-refractivity contribution in [2.75, 3.05) is 0 Å². The van der Waals surface area contributed by atoms with Gasteiger partial charge < -0.3 is 10.4 Å². The molecule has 6 nitrogen and oxygen atoms in total. The Hall–Kier alpha value is -4.42. The van der Waals surface area contributed by atoms with Gasteiger partial charge in [-0.05, 0) is 65.6 Å². The van der Waals surface area contributed by atoms with E-state index in [2.05, 4.69) is 10.4 Å². The van der Waals surface area contributed by atoms with E-state index in [4.69, 9.17) is 11.6 Å². The van der Waals surface area contributed by atoms with Crippen LogP contribution in [0.2, 0.25) is 5.02 Å². The molecule has 1 aromatic heterocycles. The number of nitrogens with zero attached hydrogens (tertiary/aromatic N) is 2. The van der Waals surface area contributed by atoms with Crippen LogP contribution >= 0.6 is 11.6 Å². The van der Waals surface area contributed by atoms with E-state index < -0.39 is 5.97 Å². The van der Waals surface area contributed by atoms with Gasteiger partial charge in [0.1, 0.15) is 0 Å². The maximum Gasteiger partial charge on any atom is 0.335 e. The Balaban J connectivity index is 1.54. The summed E-state index contributed by atoms with van der Waals surface area (Å²) < 4.78 is 1.82. The van der Waals surface area contributed by atoms with Crippen molar-refractivity contribution in [2.24, 2.45) is 0 Å². The third-order valence-electron chi connectivity index (χ3n) is 6.31. The summed E-state index contributed by atoms with van der Waals surface area (Å²) in [6.07, 6.45) is 1.77. The van der Waals surface area contributed by atoms with Crippen LogP contribution in [0.3, 0.4) is 0 Å². The van der Waals surface area contributed by atoms with Gasteiger partial charge in [-0.25, -0.2) is 4.79 Å². The van der Waals surface area contributed by atoms with Crippen LogP contribution in [0.15, 0.2) is 97.2 Å². The zero-order valence-corrected chi connectivity index (χ0v) is 20.8. The molecule has 1 amide bonds. The topological polar surface area (TPSA) is 84.2 Å². The third kappa shape index (κ3) is 5.25. The summed E-state index contributed by atoms with van der Waals surface area (Å²) in [5.74, 6) is -1.23. The molecule has 0 aliphatic heterocycles. The van der Waals surface area contributed by atoms with Crippen molar-refractivity contribution in [3.05, 3.63) is 124 Å². The number of aromatic nitrogens is 2. The van der Waals surface area contributed by atoms with Gasteiger partial charge in [0.05, 0.1) is 35.4 Å². The van der Waals surface area contributed by atoms with Gasteiger partial charge in [-0.2, -0.15) is 5.10 Å². The minimum Gasteiger partial charge on any atom is -0.478 e. The van der Waals surface area contributed by atoms with Crippen molar-refractivity contribution < 1.29 is 14.7 Å². The number of carbonyl (C=O) groups excluding carboxylic acids is 1. The summed E-state index contributed by atoms with van der Waals surface area (Å²) in [6.45, 7) is 2.33. The molecule has 7 heteroatoms. The van der Waals surface area contributed by atoms with Crippen LogP contribution in [-0.2, 0) is 6.54 Å². The largest absolute Gasteiger partial charge is 0.478 e. The highest BCUT2D eigenvalue weighted by Crippen LogP contribution is 2.29. The highest BCUT2D eigenvalue weighted by atomic mass is 35.5. The Morgan fingerprint density at radius 2 is 1.70 bits per heavy atom. The van der Waals surface area contributed by atoms with Crippen LogP contribution in [0.1, 0.15) is 44.8 Å². The fraction of sp³-hybridized carbons (Fsp3) is 0.100. The van der Waals surface area contributed by atoms with Crippen LogP contribution in [0, 0.1) is 0 Å². The van der Waals surface area contributed by atoms with Crippen molar-refractivity contribution >= 4 is 34.4 Å². The number of carboxylic acid groups (broad SMARTS) is 1. The van der Waals surface area contributed by atoms with Gasteiger partial charge in [-0.15, -0.1) is 0 Å². The molecule has 0 radical (unpaired) electrons. The lowest BCUT2D eigenvalue weighted by atomic mass is 9.99. The standard InChI is InChI=1S/C30H24ClN3O3/c1-19(21-10-12-23(13-11-21)30(36)37)33-29(35)27-16-24(22-7-3-2-4-8-22)15-25-17-32-34(28(25)27)18-20-6-5-9-26(31)14-20/h2-17,19H,18H2,1H3,(H,33,35)(H,36,37)/t19-/m0/s1. The Kier molecular flexibility index (Phi) is 6.75. The Morgan fingerprint density at radius 3 is 2.41 bits per heavy atom. The summed E-state index contributed by atoms with van der Waals surface area (Å²) in [5, 5.41) is 18.3. The zero-order valence-electron chi connectivity index (χ0n) is 20.1. The number of aromatic carboxylic acids is 1. The molecule has 5 aromatic rings. The summed E-state index contributed by atoms with van der Waals surface area (Å²) in [4.78, 5) is 24.9. The predicted molar refractivity (Wildman–Crippen MR) is 145 cm³/mol. The average Bonchev–Trinajstić information content (AvgIpc) is 3.31. The van der Waals surface area contributed by atoms with Crippen LogP contribution in [0.25, 0.3) is 22.0 Å². The summed E-state index contributed by atoms with van der Waals surface area (Å²) in [5.41, 5.74) is 5.13. The van der Waals surface area contributed by atoms with E-state index in [-0.39, 0.29) is 17.5 Å². The van der Waals surface area contributed by atoms with Gasteiger partial charge >= 0.3 is 5.97 Å². The zero-order chi connectivity index (χ0) is 25.9. The van der Waals surface area contributed by atoms with Crippen LogP contribution in [-0.4, -0.2) is 26.8 Å². The summed E-state index contributed by atoms with van der Waals surface area (Å²) >= 11 is 6.19. The molecular weight excluding hydrogens is 486 g/mol. The molecule has 184 valence electrons. The molecule has 2 N–H and O–H groups in total. The average molecular weight is 510 g/mol. The number of rotatable bonds is 7. The minimum absolute atomic E-state index is 0.199. The smallest absolute Gasteiger partial charge is 0.335 e. The molecular formula is C30H24ClN3O3. The number of benzene rings is 4. The fourth-order valence-electron chi connectivity index (χ4n) is 4.40. The molecule has 0 bridgehead atoms. The van der Waals surface area contributed by atoms with E-state index in [1.807, 2.05) is 78.3 Å². The number of carbonyl (C=O) groups is 2. The van der Waals surface area contributed by atoms with E-state index >= 15 is 0 Å². The van der Waals surface area contributed by atoms with Crippen molar-refractivity contribution in [1.82, 2.24) is 15.1 Å². The molecule has 37 heavy (non-hydrogen) atoms. The molecule has 1 atom stereocenters. The van der Waals surface area contributed by atoms with Gasteiger partial charge in [0.2, 0.25) is 0 Å². The first-order valence-electron chi connectivity index (χ1n) is 11.8.